The molecule has 0 spiro atoms. The molecule has 1 atom stereocenters. The van der Waals surface area contributed by atoms with E-state index in [4.69, 9.17) is 9.66 Å². The molecule has 3 N–H and O–H groups in total. The summed E-state index contributed by atoms with van der Waals surface area (Å²) >= 11 is 0. The van der Waals surface area contributed by atoms with Crippen molar-refractivity contribution in [3.8, 4) is 11.1 Å². The van der Waals surface area contributed by atoms with Crippen molar-refractivity contribution in [2.24, 2.45) is 0 Å². The Morgan fingerprint density at radius 1 is 1.00 bits per heavy atom. The van der Waals surface area contributed by atoms with Crippen LogP contribution in [0.25, 0.3) is 11.1 Å². The van der Waals surface area contributed by atoms with Crippen molar-refractivity contribution in [2.45, 2.75) is 12.2 Å². The number of halogens is 3. The zero-order chi connectivity index (χ0) is 21.1. The standard InChI is InChI=1S/C17H14F3NO6S/c18-17(19,20)13-8-4-3-6-11(13)10-5-1-2-7-12(10)15(22)21-14(16(23)24)9-28(25,26)27/h1-8,14H,9H2,(H,21,22)(H,23,24)(H,25,26,27). The quantitative estimate of drug-likeness (QED) is 0.621. The lowest BCUT2D eigenvalue weighted by Crippen LogP contribution is -2.45. The summed E-state index contributed by atoms with van der Waals surface area (Å²) in [6.45, 7) is 0. The first kappa shape index (κ1) is 21.4. The highest BCUT2D eigenvalue weighted by molar-refractivity contribution is 7.85. The maximum absolute atomic E-state index is 13.3. The molecule has 0 aliphatic rings. The van der Waals surface area contributed by atoms with E-state index in [-0.39, 0.29) is 16.7 Å². The van der Waals surface area contributed by atoms with Crippen LogP contribution >= 0.6 is 0 Å². The molecule has 2 aromatic rings. The number of rotatable bonds is 6. The van der Waals surface area contributed by atoms with Crippen LogP contribution in [0.5, 0.6) is 0 Å². The molecule has 7 nitrogen and oxygen atoms in total. The Bertz CT molecular complexity index is 1000. The van der Waals surface area contributed by atoms with Gasteiger partial charge in [0.25, 0.3) is 16.0 Å². The molecule has 150 valence electrons. The molecule has 2 rings (SSSR count). The number of alkyl halides is 3. The Morgan fingerprint density at radius 3 is 2.07 bits per heavy atom. The first-order valence-electron chi connectivity index (χ1n) is 7.64. The van der Waals surface area contributed by atoms with Crippen molar-refractivity contribution < 1.29 is 40.8 Å². The van der Waals surface area contributed by atoms with Gasteiger partial charge in [0.05, 0.1) is 5.56 Å². The first-order valence-corrected chi connectivity index (χ1v) is 9.25. The van der Waals surface area contributed by atoms with Crippen molar-refractivity contribution in [1.82, 2.24) is 5.32 Å². The molecular weight excluding hydrogens is 403 g/mol. The Kier molecular flexibility index (Phi) is 6.10. The van der Waals surface area contributed by atoms with E-state index in [0.29, 0.717) is 0 Å². The fraction of sp³-hybridized carbons (Fsp3) is 0.176. The highest BCUT2D eigenvalue weighted by atomic mass is 32.2. The summed E-state index contributed by atoms with van der Waals surface area (Å²) in [4.78, 5) is 23.6. The number of amides is 1. The number of carboxylic acids is 1. The third-order valence-electron chi connectivity index (χ3n) is 3.68. The maximum atomic E-state index is 13.3. The van der Waals surface area contributed by atoms with E-state index < -0.39 is 45.5 Å². The van der Waals surface area contributed by atoms with Crippen LogP contribution in [0.4, 0.5) is 13.2 Å². The van der Waals surface area contributed by atoms with Crippen molar-refractivity contribution in [2.75, 3.05) is 5.75 Å². The third kappa shape index (κ3) is 5.30. The van der Waals surface area contributed by atoms with E-state index in [2.05, 4.69) is 0 Å². The van der Waals surface area contributed by atoms with Crippen LogP contribution in [0.1, 0.15) is 15.9 Å². The molecular formula is C17H14F3NO6S. The summed E-state index contributed by atoms with van der Waals surface area (Å²) < 4.78 is 70.5. The molecule has 1 unspecified atom stereocenters. The van der Waals surface area contributed by atoms with Crippen molar-refractivity contribution >= 4 is 22.0 Å². The van der Waals surface area contributed by atoms with Crippen LogP contribution in [0.15, 0.2) is 48.5 Å². The van der Waals surface area contributed by atoms with Crippen molar-refractivity contribution in [3.05, 3.63) is 59.7 Å². The normalized spacial score (nSPS) is 13.0. The Balaban J connectivity index is 2.48. The second kappa shape index (κ2) is 7.98. The van der Waals surface area contributed by atoms with Gasteiger partial charge in [-0.25, -0.2) is 4.79 Å². The second-order valence-electron chi connectivity index (χ2n) is 5.70. The number of benzene rings is 2. The van der Waals surface area contributed by atoms with Crippen molar-refractivity contribution in [3.63, 3.8) is 0 Å². The van der Waals surface area contributed by atoms with E-state index in [9.17, 15) is 31.2 Å². The number of aliphatic carboxylic acids is 1. The maximum Gasteiger partial charge on any atom is 0.417 e. The predicted molar refractivity (Wildman–Crippen MR) is 92.2 cm³/mol. The molecule has 0 aliphatic carbocycles. The number of carbonyl (C=O) groups is 2. The lowest BCUT2D eigenvalue weighted by atomic mass is 9.94. The molecule has 2 aromatic carbocycles. The molecule has 0 aliphatic heterocycles. The van der Waals surface area contributed by atoms with E-state index in [0.717, 1.165) is 12.1 Å². The van der Waals surface area contributed by atoms with Gasteiger partial charge in [-0.15, -0.1) is 0 Å². The number of nitrogens with one attached hydrogen (secondary N) is 1. The average Bonchev–Trinajstić information content (AvgIpc) is 2.59. The van der Waals surface area contributed by atoms with E-state index >= 15 is 0 Å². The lowest BCUT2D eigenvalue weighted by molar-refractivity contribution is -0.139. The van der Waals surface area contributed by atoms with Gasteiger partial charge in [0, 0.05) is 5.56 Å². The topological polar surface area (TPSA) is 121 Å². The predicted octanol–water partition coefficient (Wildman–Crippen LogP) is 2.44. The summed E-state index contributed by atoms with van der Waals surface area (Å²) in [5.41, 5.74) is -1.71. The van der Waals surface area contributed by atoms with Gasteiger partial charge in [0.15, 0.2) is 0 Å². The van der Waals surface area contributed by atoms with Crippen LogP contribution in [-0.2, 0) is 21.1 Å². The Labute approximate surface area is 157 Å². The summed E-state index contributed by atoms with van der Waals surface area (Å²) in [5.74, 6) is -4.14. The minimum absolute atomic E-state index is 0.121. The summed E-state index contributed by atoms with van der Waals surface area (Å²) in [7, 11) is -4.73. The molecule has 1 amide bonds. The SMILES string of the molecule is O=C(NC(CS(=O)(=O)O)C(=O)O)c1ccccc1-c1ccccc1C(F)(F)F. The summed E-state index contributed by atoms with van der Waals surface area (Å²) in [6.07, 6.45) is -4.70. The Hall–Kier alpha value is -2.92. The van der Waals surface area contributed by atoms with Crippen LogP contribution in [0.2, 0.25) is 0 Å². The van der Waals surface area contributed by atoms with Gasteiger partial charge < -0.3 is 10.4 Å². The zero-order valence-electron chi connectivity index (χ0n) is 14.0. The van der Waals surface area contributed by atoms with Gasteiger partial charge in [-0.1, -0.05) is 36.4 Å². The van der Waals surface area contributed by atoms with Crippen LogP contribution in [0, 0.1) is 0 Å². The molecule has 0 radical (unpaired) electrons. The van der Waals surface area contributed by atoms with Crippen LogP contribution in [0.3, 0.4) is 0 Å². The minimum atomic E-state index is -4.73. The highest BCUT2D eigenvalue weighted by Gasteiger charge is 2.34. The molecule has 0 fully saturated rings. The molecule has 28 heavy (non-hydrogen) atoms. The number of carbonyl (C=O) groups excluding carboxylic acids is 1. The van der Waals surface area contributed by atoms with E-state index in [1.807, 2.05) is 5.32 Å². The lowest BCUT2D eigenvalue weighted by Gasteiger charge is -2.17. The largest absolute Gasteiger partial charge is 0.480 e. The number of hydrogen-bond donors (Lipinski definition) is 3. The summed E-state index contributed by atoms with van der Waals surface area (Å²) in [6, 6.07) is 7.69. The van der Waals surface area contributed by atoms with Gasteiger partial charge in [0.2, 0.25) is 0 Å². The fourth-order valence-corrected chi connectivity index (χ4v) is 3.15. The third-order valence-corrected chi connectivity index (χ3v) is 4.43. The van der Waals surface area contributed by atoms with Gasteiger partial charge in [-0.05, 0) is 23.3 Å². The smallest absolute Gasteiger partial charge is 0.417 e. The van der Waals surface area contributed by atoms with Crippen molar-refractivity contribution in [1.29, 1.82) is 0 Å². The molecule has 0 bridgehead atoms. The van der Waals surface area contributed by atoms with Crippen LogP contribution < -0.4 is 5.32 Å². The molecule has 0 saturated heterocycles. The monoisotopic (exact) mass is 417 g/mol. The van der Waals surface area contributed by atoms with Gasteiger partial charge in [-0.2, -0.15) is 21.6 Å². The van der Waals surface area contributed by atoms with E-state index in [1.165, 1.54) is 36.4 Å². The molecule has 11 heteroatoms. The number of hydrogen-bond acceptors (Lipinski definition) is 4. The fourth-order valence-electron chi connectivity index (χ4n) is 2.50. The Morgan fingerprint density at radius 2 is 1.54 bits per heavy atom. The van der Waals surface area contributed by atoms with Gasteiger partial charge >= 0.3 is 12.1 Å². The molecule has 0 heterocycles. The highest BCUT2D eigenvalue weighted by Crippen LogP contribution is 2.38. The van der Waals surface area contributed by atoms with Gasteiger partial charge in [0.1, 0.15) is 11.8 Å². The van der Waals surface area contributed by atoms with Gasteiger partial charge in [-0.3, -0.25) is 9.35 Å². The molecule has 0 saturated carbocycles. The van der Waals surface area contributed by atoms with Crippen LogP contribution in [-0.4, -0.2) is 41.7 Å². The second-order valence-corrected chi connectivity index (χ2v) is 7.20. The minimum Gasteiger partial charge on any atom is -0.480 e. The first-order chi connectivity index (χ1) is 12.9. The average molecular weight is 417 g/mol. The summed E-state index contributed by atoms with van der Waals surface area (Å²) in [5, 5.41) is 10.9. The molecule has 0 aromatic heterocycles. The zero-order valence-corrected chi connectivity index (χ0v) is 14.8. The number of carboxylic acid groups (broad SMARTS) is 1. The van der Waals surface area contributed by atoms with E-state index in [1.54, 1.807) is 0 Å².